The van der Waals surface area contributed by atoms with Crippen molar-refractivity contribution in [3.05, 3.63) is 39.3 Å². The SMILES string of the molecule is Cc1n[nH]c(C)c1CNC[C@@H]1C[C@H](F)CN1Cc1cccs1. The van der Waals surface area contributed by atoms with Crippen LogP contribution in [-0.4, -0.2) is 40.4 Å². The second-order valence-electron chi connectivity index (χ2n) is 6.04. The van der Waals surface area contributed by atoms with Crippen LogP contribution in [0.1, 0.15) is 28.2 Å². The highest BCUT2D eigenvalue weighted by atomic mass is 32.1. The van der Waals surface area contributed by atoms with Crippen molar-refractivity contribution in [3.63, 3.8) is 0 Å². The van der Waals surface area contributed by atoms with Crippen LogP contribution in [0.5, 0.6) is 0 Å². The lowest BCUT2D eigenvalue weighted by atomic mass is 10.1. The van der Waals surface area contributed by atoms with E-state index in [0.717, 1.165) is 31.0 Å². The van der Waals surface area contributed by atoms with Crippen LogP contribution in [0.2, 0.25) is 0 Å². The lowest BCUT2D eigenvalue weighted by Crippen LogP contribution is -2.37. The fourth-order valence-electron chi connectivity index (χ4n) is 3.13. The van der Waals surface area contributed by atoms with Crippen molar-refractivity contribution in [3.8, 4) is 0 Å². The summed E-state index contributed by atoms with van der Waals surface area (Å²) in [6, 6.07) is 4.45. The number of hydrogen-bond acceptors (Lipinski definition) is 4. The molecule has 3 rings (SSSR count). The lowest BCUT2D eigenvalue weighted by Gasteiger charge is -2.23. The molecule has 0 aromatic carbocycles. The molecule has 0 saturated carbocycles. The summed E-state index contributed by atoms with van der Waals surface area (Å²) in [5.41, 5.74) is 3.37. The summed E-state index contributed by atoms with van der Waals surface area (Å²) in [5, 5.41) is 12.8. The van der Waals surface area contributed by atoms with E-state index in [-0.39, 0.29) is 6.04 Å². The highest BCUT2D eigenvalue weighted by Crippen LogP contribution is 2.24. The van der Waals surface area contributed by atoms with Gasteiger partial charge in [0.05, 0.1) is 5.69 Å². The number of likely N-dealkylation sites (tertiary alicyclic amines) is 1. The number of hydrogen-bond donors (Lipinski definition) is 2. The molecule has 0 bridgehead atoms. The van der Waals surface area contributed by atoms with E-state index in [4.69, 9.17) is 0 Å². The fraction of sp³-hybridized carbons (Fsp3) is 0.562. The standard InChI is InChI=1S/C16H23FN4S/c1-11-16(12(2)20-19-11)8-18-7-14-6-13(17)9-21(14)10-15-4-3-5-22-15/h3-5,13-14,18H,6-10H2,1-2H3,(H,19,20)/t13-,14-/m0/s1. The number of nitrogens with one attached hydrogen (secondary N) is 2. The first-order valence-corrected chi connectivity index (χ1v) is 8.63. The predicted octanol–water partition coefficient (Wildman–Crippen LogP) is 2.79. The van der Waals surface area contributed by atoms with Crippen molar-refractivity contribution in [2.45, 2.75) is 45.6 Å². The van der Waals surface area contributed by atoms with Crippen molar-refractivity contribution in [1.29, 1.82) is 0 Å². The Labute approximate surface area is 134 Å². The molecule has 2 aromatic rings. The zero-order valence-corrected chi connectivity index (χ0v) is 13.9. The van der Waals surface area contributed by atoms with Gasteiger partial charge in [-0.05, 0) is 31.7 Å². The largest absolute Gasteiger partial charge is 0.311 e. The minimum atomic E-state index is -0.704. The first kappa shape index (κ1) is 15.6. The lowest BCUT2D eigenvalue weighted by molar-refractivity contribution is 0.232. The summed E-state index contributed by atoms with van der Waals surface area (Å²) >= 11 is 1.74. The smallest absolute Gasteiger partial charge is 0.114 e. The van der Waals surface area contributed by atoms with E-state index < -0.39 is 6.17 Å². The van der Waals surface area contributed by atoms with Crippen LogP contribution in [-0.2, 0) is 13.1 Å². The molecule has 0 radical (unpaired) electrons. The van der Waals surface area contributed by atoms with Gasteiger partial charge in [0.25, 0.3) is 0 Å². The van der Waals surface area contributed by atoms with Crippen molar-refractivity contribution >= 4 is 11.3 Å². The Morgan fingerprint density at radius 3 is 3.05 bits per heavy atom. The second-order valence-corrected chi connectivity index (χ2v) is 7.07. The van der Waals surface area contributed by atoms with E-state index in [0.29, 0.717) is 13.0 Å². The average molecular weight is 322 g/mol. The molecule has 1 aliphatic rings. The Hall–Kier alpha value is -1.24. The molecule has 4 nitrogen and oxygen atoms in total. The monoisotopic (exact) mass is 322 g/mol. The van der Waals surface area contributed by atoms with Gasteiger partial charge in [-0.2, -0.15) is 5.10 Å². The third-order valence-electron chi connectivity index (χ3n) is 4.38. The normalized spacial score (nSPS) is 22.5. The van der Waals surface area contributed by atoms with E-state index in [9.17, 15) is 4.39 Å². The Bertz CT molecular complexity index is 576. The van der Waals surface area contributed by atoms with Crippen LogP contribution in [0.15, 0.2) is 17.5 Å². The second kappa shape index (κ2) is 6.89. The van der Waals surface area contributed by atoms with Gasteiger partial charge in [-0.25, -0.2) is 4.39 Å². The van der Waals surface area contributed by atoms with Gasteiger partial charge in [0, 0.05) is 48.4 Å². The highest BCUT2D eigenvalue weighted by molar-refractivity contribution is 7.09. The molecule has 2 aromatic heterocycles. The Kier molecular flexibility index (Phi) is 4.90. The van der Waals surface area contributed by atoms with Crippen LogP contribution >= 0.6 is 11.3 Å². The van der Waals surface area contributed by atoms with Crippen LogP contribution in [0.4, 0.5) is 4.39 Å². The summed E-state index contributed by atoms with van der Waals surface area (Å²) in [5.74, 6) is 0. The Morgan fingerprint density at radius 2 is 2.36 bits per heavy atom. The molecule has 1 saturated heterocycles. The topological polar surface area (TPSA) is 44.0 Å². The van der Waals surface area contributed by atoms with E-state index in [1.54, 1.807) is 11.3 Å². The molecule has 120 valence electrons. The molecule has 22 heavy (non-hydrogen) atoms. The summed E-state index contributed by atoms with van der Waals surface area (Å²) in [7, 11) is 0. The first-order chi connectivity index (χ1) is 10.6. The minimum Gasteiger partial charge on any atom is -0.311 e. The van der Waals surface area contributed by atoms with Crippen molar-refractivity contribution < 1.29 is 4.39 Å². The van der Waals surface area contributed by atoms with Gasteiger partial charge in [-0.1, -0.05) is 6.07 Å². The minimum absolute atomic E-state index is 0.268. The van der Waals surface area contributed by atoms with Crippen LogP contribution < -0.4 is 5.32 Å². The average Bonchev–Trinajstić information content (AvgIpc) is 3.17. The first-order valence-electron chi connectivity index (χ1n) is 7.75. The zero-order chi connectivity index (χ0) is 15.5. The van der Waals surface area contributed by atoms with E-state index >= 15 is 0 Å². The maximum atomic E-state index is 13.8. The highest BCUT2D eigenvalue weighted by Gasteiger charge is 2.31. The van der Waals surface area contributed by atoms with Gasteiger partial charge >= 0.3 is 0 Å². The number of rotatable bonds is 6. The number of aromatic nitrogens is 2. The molecule has 6 heteroatoms. The number of nitrogens with zero attached hydrogens (tertiary/aromatic N) is 2. The van der Waals surface area contributed by atoms with Crippen LogP contribution in [0, 0.1) is 13.8 Å². The number of aromatic amines is 1. The van der Waals surface area contributed by atoms with Crippen LogP contribution in [0.25, 0.3) is 0 Å². The van der Waals surface area contributed by atoms with Crippen LogP contribution in [0.3, 0.4) is 0 Å². The third kappa shape index (κ3) is 3.56. The number of thiophene rings is 1. The molecule has 0 spiro atoms. The molecular formula is C16H23FN4S. The maximum absolute atomic E-state index is 13.8. The Balaban J connectivity index is 1.54. The summed E-state index contributed by atoms with van der Waals surface area (Å²) in [6.45, 7) is 7.05. The number of halogens is 1. The molecule has 0 aliphatic carbocycles. The molecule has 2 atom stereocenters. The maximum Gasteiger partial charge on any atom is 0.114 e. The van der Waals surface area contributed by atoms with Gasteiger partial charge < -0.3 is 5.32 Å². The van der Waals surface area contributed by atoms with Gasteiger partial charge in [-0.3, -0.25) is 10.00 Å². The van der Waals surface area contributed by atoms with Gasteiger partial charge in [0.2, 0.25) is 0 Å². The van der Waals surface area contributed by atoms with E-state index in [1.807, 2.05) is 13.8 Å². The number of H-pyrrole nitrogens is 1. The molecule has 1 fully saturated rings. The quantitative estimate of drug-likeness (QED) is 0.859. The number of alkyl halides is 1. The van der Waals surface area contributed by atoms with Gasteiger partial charge in [0.1, 0.15) is 6.17 Å². The van der Waals surface area contributed by atoms with Gasteiger partial charge in [-0.15, -0.1) is 11.3 Å². The predicted molar refractivity (Wildman–Crippen MR) is 87.8 cm³/mol. The molecule has 2 N–H and O–H groups in total. The molecule has 3 heterocycles. The molecular weight excluding hydrogens is 299 g/mol. The zero-order valence-electron chi connectivity index (χ0n) is 13.1. The van der Waals surface area contributed by atoms with Crippen molar-refractivity contribution in [1.82, 2.24) is 20.4 Å². The number of aryl methyl sites for hydroxylation is 2. The van der Waals surface area contributed by atoms with Gasteiger partial charge in [0.15, 0.2) is 0 Å². The summed E-state index contributed by atoms with van der Waals surface area (Å²) < 4.78 is 13.8. The molecule has 1 aliphatic heterocycles. The summed E-state index contributed by atoms with van der Waals surface area (Å²) in [4.78, 5) is 3.57. The molecule has 0 unspecified atom stereocenters. The Morgan fingerprint density at radius 1 is 1.50 bits per heavy atom. The summed E-state index contributed by atoms with van der Waals surface area (Å²) in [6.07, 6.45) is -0.0778. The fourth-order valence-corrected chi connectivity index (χ4v) is 3.86. The van der Waals surface area contributed by atoms with E-state index in [2.05, 4.69) is 37.9 Å². The van der Waals surface area contributed by atoms with Crippen molar-refractivity contribution in [2.24, 2.45) is 0 Å². The van der Waals surface area contributed by atoms with Crippen molar-refractivity contribution in [2.75, 3.05) is 13.1 Å². The van der Waals surface area contributed by atoms with E-state index in [1.165, 1.54) is 10.4 Å². The molecule has 0 amide bonds. The third-order valence-corrected chi connectivity index (χ3v) is 5.24.